The molecule has 9 heteroatoms. The van der Waals surface area contributed by atoms with E-state index in [4.69, 9.17) is 21.4 Å². The molecule has 9 nitrogen and oxygen atoms in total. The molecule has 2 aromatic rings. The molecule has 2 atom stereocenters. The lowest BCUT2D eigenvalue weighted by Crippen LogP contribution is -2.36. The third kappa shape index (κ3) is 4.29. The molecule has 0 aliphatic rings. The van der Waals surface area contributed by atoms with Gasteiger partial charge in [0.05, 0.1) is 18.2 Å². The summed E-state index contributed by atoms with van der Waals surface area (Å²) in [5.74, 6) is -1.07. The van der Waals surface area contributed by atoms with Gasteiger partial charge >= 0.3 is 5.97 Å². The van der Waals surface area contributed by atoms with Gasteiger partial charge in [0.1, 0.15) is 19.0 Å². The standard InChI is InChI=1S/C12H18N6O3/c13-8(1-9-3-15-6-17-9)5-21-18-7-16-4-10(18)2-11(14)12(19)20/h3-4,6-8,11H,1-2,5,13-14H2,(H,15,17)(H,19,20). The highest BCUT2D eigenvalue weighted by molar-refractivity contribution is 5.73. The number of carboxylic acids is 1. The highest BCUT2D eigenvalue weighted by Crippen LogP contribution is 2.02. The van der Waals surface area contributed by atoms with Gasteiger partial charge in [0.2, 0.25) is 0 Å². The van der Waals surface area contributed by atoms with Crippen molar-refractivity contribution in [2.45, 2.75) is 24.9 Å². The monoisotopic (exact) mass is 294 g/mol. The third-order valence-corrected chi connectivity index (χ3v) is 2.89. The van der Waals surface area contributed by atoms with Gasteiger partial charge in [-0.15, -0.1) is 0 Å². The zero-order chi connectivity index (χ0) is 15.2. The smallest absolute Gasteiger partial charge is 0.320 e. The molecule has 0 amide bonds. The molecule has 0 spiro atoms. The first kappa shape index (κ1) is 15.0. The van der Waals surface area contributed by atoms with Gasteiger partial charge in [0, 0.05) is 30.8 Å². The Bertz CT molecular complexity index is 567. The molecule has 0 bridgehead atoms. The Labute approximate surface area is 120 Å². The molecule has 2 heterocycles. The number of aromatic nitrogens is 4. The second-order valence-electron chi connectivity index (χ2n) is 4.70. The summed E-state index contributed by atoms with van der Waals surface area (Å²) in [6, 6.07) is -1.23. The van der Waals surface area contributed by atoms with Crippen molar-refractivity contribution in [1.29, 1.82) is 0 Å². The lowest BCUT2D eigenvalue weighted by Gasteiger charge is -2.15. The Morgan fingerprint density at radius 2 is 2.19 bits per heavy atom. The van der Waals surface area contributed by atoms with Gasteiger partial charge in [-0.25, -0.2) is 9.97 Å². The molecule has 6 N–H and O–H groups in total. The van der Waals surface area contributed by atoms with Crippen LogP contribution in [0.25, 0.3) is 0 Å². The summed E-state index contributed by atoms with van der Waals surface area (Å²) in [7, 11) is 0. The quantitative estimate of drug-likeness (QED) is 0.466. The largest absolute Gasteiger partial charge is 0.480 e. The summed E-state index contributed by atoms with van der Waals surface area (Å²) < 4.78 is 1.40. The van der Waals surface area contributed by atoms with E-state index in [0.717, 1.165) is 5.69 Å². The van der Waals surface area contributed by atoms with Crippen LogP contribution in [0.1, 0.15) is 11.4 Å². The normalized spacial score (nSPS) is 13.8. The van der Waals surface area contributed by atoms with Crippen LogP contribution < -0.4 is 16.3 Å². The number of carbonyl (C=O) groups is 1. The maximum atomic E-state index is 10.8. The van der Waals surface area contributed by atoms with Crippen molar-refractivity contribution in [3.8, 4) is 0 Å². The summed E-state index contributed by atoms with van der Waals surface area (Å²) in [6.07, 6.45) is 6.98. The molecule has 0 radical (unpaired) electrons. The van der Waals surface area contributed by atoms with Crippen LogP contribution in [0.4, 0.5) is 0 Å². The van der Waals surface area contributed by atoms with Gasteiger partial charge in [-0.1, -0.05) is 0 Å². The molecular weight excluding hydrogens is 276 g/mol. The zero-order valence-corrected chi connectivity index (χ0v) is 11.3. The third-order valence-electron chi connectivity index (χ3n) is 2.89. The molecule has 0 saturated heterocycles. The van der Waals surface area contributed by atoms with Crippen molar-refractivity contribution >= 4 is 5.97 Å². The van der Waals surface area contributed by atoms with Crippen LogP contribution in [0.2, 0.25) is 0 Å². The molecule has 0 fully saturated rings. The second-order valence-corrected chi connectivity index (χ2v) is 4.70. The summed E-state index contributed by atoms with van der Waals surface area (Å²) in [4.78, 5) is 27.1. The molecule has 0 aliphatic heterocycles. The summed E-state index contributed by atoms with van der Waals surface area (Å²) >= 11 is 0. The van der Waals surface area contributed by atoms with E-state index in [1.54, 1.807) is 12.5 Å². The number of aromatic amines is 1. The topological polar surface area (TPSA) is 145 Å². The Morgan fingerprint density at radius 3 is 2.86 bits per heavy atom. The zero-order valence-electron chi connectivity index (χ0n) is 11.3. The van der Waals surface area contributed by atoms with Crippen molar-refractivity contribution in [2.75, 3.05) is 6.61 Å². The van der Waals surface area contributed by atoms with E-state index in [-0.39, 0.29) is 19.1 Å². The average molecular weight is 294 g/mol. The maximum Gasteiger partial charge on any atom is 0.320 e. The lowest BCUT2D eigenvalue weighted by molar-refractivity contribution is -0.138. The second kappa shape index (κ2) is 6.86. The number of hydrogen-bond donors (Lipinski definition) is 4. The van der Waals surface area contributed by atoms with Crippen molar-refractivity contribution in [3.63, 3.8) is 0 Å². The van der Waals surface area contributed by atoms with E-state index >= 15 is 0 Å². The Kier molecular flexibility index (Phi) is 4.90. The Morgan fingerprint density at radius 1 is 1.38 bits per heavy atom. The maximum absolute atomic E-state index is 10.8. The van der Waals surface area contributed by atoms with Crippen LogP contribution >= 0.6 is 0 Å². The number of nitrogens with zero attached hydrogens (tertiary/aromatic N) is 3. The highest BCUT2D eigenvalue weighted by Gasteiger charge is 2.16. The summed E-state index contributed by atoms with van der Waals surface area (Å²) in [5, 5.41) is 8.81. The van der Waals surface area contributed by atoms with E-state index in [0.29, 0.717) is 12.1 Å². The van der Waals surface area contributed by atoms with Gasteiger partial charge in [-0.05, 0) is 0 Å². The molecule has 0 saturated carbocycles. The van der Waals surface area contributed by atoms with Crippen molar-refractivity contribution in [3.05, 3.63) is 36.4 Å². The van der Waals surface area contributed by atoms with Gasteiger partial charge in [-0.2, -0.15) is 4.73 Å². The number of rotatable bonds is 8. The highest BCUT2D eigenvalue weighted by atomic mass is 16.7. The number of H-pyrrole nitrogens is 1. The number of hydrogen-bond acceptors (Lipinski definition) is 6. The van der Waals surface area contributed by atoms with Gasteiger partial charge in [0.15, 0.2) is 0 Å². The van der Waals surface area contributed by atoms with E-state index in [9.17, 15) is 4.79 Å². The average Bonchev–Trinajstić information content (AvgIpc) is 3.08. The number of carboxylic acid groups (broad SMARTS) is 1. The van der Waals surface area contributed by atoms with Crippen LogP contribution in [0.5, 0.6) is 0 Å². The van der Waals surface area contributed by atoms with E-state index in [1.807, 2.05) is 0 Å². The van der Waals surface area contributed by atoms with Crippen LogP contribution in [0.3, 0.4) is 0 Å². The Hall–Kier alpha value is -2.39. The van der Waals surface area contributed by atoms with Crippen LogP contribution in [-0.4, -0.2) is 49.4 Å². The van der Waals surface area contributed by atoms with Gasteiger partial charge < -0.3 is 26.4 Å². The predicted octanol–water partition coefficient (Wildman–Crippen LogP) is -1.44. The fourth-order valence-corrected chi connectivity index (χ4v) is 1.80. The lowest BCUT2D eigenvalue weighted by atomic mass is 10.2. The van der Waals surface area contributed by atoms with E-state index in [2.05, 4.69) is 15.0 Å². The summed E-state index contributed by atoms with van der Waals surface area (Å²) in [6.45, 7) is 0.255. The molecule has 21 heavy (non-hydrogen) atoms. The minimum absolute atomic E-state index is 0.130. The van der Waals surface area contributed by atoms with E-state index < -0.39 is 12.0 Å². The van der Waals surface area contributed by atoms with E-state index in [1.165, 1.54) is 17.3 Å². The van der Waals surface area contributed by atoms with Crippen LogP contribution in [-0.2, 0) is 17.6 Å². The predicted molar refractivity (Wildman–Crippen MR) is 73.3 cm³/mol. The van der Waals surface area contributed by atoms with Crippen molar-refractivity contribution < 1.29 is 14.7 Å². The van der Waals surface area contributed by atoms with Crippen molar-refractivity contribution in [1.82, 2.24) is 19.7 Å². The fourth-order valence-electron chi connectivity index (χ4n) is 1.80. The number of imidazole rings is 2. The SMILES string of the molecule is NC(COn1cncc1CC(N)C(=O)O)Cc1cnc[nH]1. The molecule has 0 aliphatic carbocycles. The van der Waals surface area contributed by atoms with Gasteiger partial charge in [0.25, 0.3) is 0 Å². The molecule has 114 valence electrons. The summed E-state index contributed by atoms with van der Waals surface area (Å²) in [5.41, 5.74) is 12.9. The van der Waals surface area contributed by atoms with Crippen LogP contribution in [0, 0.1) is 0 Å². The van der Waals surface area contributed by atoms with Gasteiger partial charge in [-0.3, -0.25) is 4.79 Å². The minimum atomic E-state index is -1.07. The number of aliphatic carboxylic acids is 1. The fraction of sp³-hybridized carbons (Fsp3) is 0.417. The van der Waals surface area contributed by atoms with Crippen LogP contribution in [0.15, 0.2) is 25.0 Å². The molecule has 0 aromatic carbocycles. The first-order chi connectivity index (χ1) is 10.1. The number of nitrogens with two attached hydrogens (primary N) is 2. The first-order valence-electron chi connectivity index (χ1n) is 6.42. The first-order valence-corrected chi connectivity index (χ1v) is 6.42. The number of nitrogens with one attached hydrogen (secondary N) is 1. The molecule has 2 rings (SSSR count). The molecule has 2 aromatic heterocycles. The molecule has 2 unspecified atom stereocenters. The van der Waals surface area contributed by atoms with Crippen molar-refractivity contribution in [2.24, 2.45) is 11.5 Å². The Balaban J connectivity index is 1.85. The molecular formula is C12H18N6O3. The minimum Gasteiger partial charge on any atom is -0.480 e.